The Hall–Kier alpha value is -1.89. The van der Waals surface area contributed by atoms with Gasteiger partial charge in [0.2, 0.25) is 11.8 Å². The average Bonchev–Trinajstić information content (AvgIpc) is 3.00. The molecule has 31 heavy (non-hydrogen) atoms. The maximum Gasteiger partial charge on any atom is 0.310 e. The van der Waals surface area contributed by atoms with Crippen LogP contribution in [0.2, 0.25) is 0 Å². The van der Waals surface area contributed by atoms with Gasteiger partial charge in [-0.15, -0.1) is 0 Å². The lowest BCUT2D eigenvalue weighted by Gasteiger charge is -2.34. The minimum Gasteiger partial charge on any atom is -0.466 e. The zero-order chi connectivity index (χ0) is 23.0. The van der Waals surface area contributed by atoms with E-state index in [9.17, 15) is 19.5 Å². The van der Waals surface area contributed by atoms with Crippen LogP contribution in [-0.4, -0.2) is 59.6 Å². The molecule has 0 radical (unpaired) electrons. The van der Waals surface area contributed by atoms with Gasteiger partial charge >= 0.3 is 5.97 Å². The third-order valence-corrected chi connectivity index (χ3v) is 6.48. The number of nitrogens with one attached hydrogen (secondary N) is 1. The molecule has 1 fully saturated rings. The van der Waals surface area contributed by atoms with Crippen molar-refractivity contribution in [3.05, 3.63) is 12.2 Å². The van der Waals surface area contributed by atoms with Gasteiger partial charge in [-0.25, -0.2) is 0 Å². The van der Waals surface area contributed by atoms with Crippen LogP contribution in [0, 0.1) is 23.7 Å². The lowest BCUT2D eigenvalue weighted by molar-refractivity contribution is -0.155. The van der Waals surface area contributed by atoms with E-state index < -0.39 is 17.9 Å². The third kappa shape index (κ3) is 5.88. The van der Waals surface area contributed by atoms with Crippen LogP contribution in [0.4, 0.5) is 0 Å². The number of carbonyl (C=O) groups excluding carboxylic acids is 3. The molecule has 0 saturated carbocycles. The number of allylic oxidation sites excluding steroid dienone is 1. The second-order valence-corrected chi connectivity index (χ2v) is 8.82. The second-order valence-electron chi connectivity index (χ2n) is 8.82. The Labute approximate surface area is 186 Å². The smallest absolute Gasteiger partial charge is 0.310 e. The molecule has 176 valence electrons. The summed E-state index contributed by atoms with van der Waals surface area (Å²) in [4.78, 5) is 41.4. The van der Waals surface area contributed by atoms with Gasteiger partial charge in [-0.1, -0.05) is 38.8 Å². The van der Waals surface area contributed by atoms with Crippen LogP contribution in [0.3, 0.4) is 0 Å². The first-order valence-corrected chi connectivity index (χ1v) is 12.0. The predicted molar refractivity (Wildman–Crippen MR) is 119 cm³/mol. The summed E-state index contributed by atoms with van der Waals surface area (Å²) in [5, 5.41) is 12.2. The number of aliphatic hydroxyl groups is 1. The fraction of sp³-hybridized carbons (Fsp3) is 0.792. The van der Waals surface area contributed by atoms with E-state index in [1.807, 2.05) is 19.1 Å². The number of likely N-dealkylation sites (tertiary alicyclic amines) is 1. The van der Waals surface area contributed by atoms with Gasteiger partial charge in [-0.3, -0.25) is 14.4 Å². The summed E-state index contributed by atoms with van der Waals surface area (Å²) in [6, 6.07) is -0.613. The molecular formula is C24H40N2O5. The molecule has 1 aliphatic heterocycles. The SMILES string of the molecule is CCCC(C)NC(=O)[C@@H]1[C@H]2C=C[C@@H](CCC)[C@@H](C(=O)OCC)[C@H]2C(=O)N1CCCCO. The fourth-order valence-electron chi connectivity index (χ4n) is 5.13. The molecule has 0 aromatic heterocycles. The first-order valence-electron chi connectivity index (χ1n) is 12.0. The zero-order valence-electron chi connectivity index (χ0n) is 19.5. The molecule has 0 aromatic carbocycles. The highest BCUT2D eigenvalue weighted by Crippen LogP contribution is 2.45. The lowest BCUT2D eigenvalue weighted by Crippen LogP contribution is -2.49. The van der Waals surface area contributed by atoms with Gasteiger partial charge in [0.15, 0.2) is 0 Å². The zero-order valence-corrected chi connectivity index (χ0v) is 19.5. The van der Waals surface area contributed by atoms with Crippen molar-refractivity contribution >= 4 is 17.8 Å². The summed E-state index contributed by atoms with van der Waals surface area (Å²) < 4.78 is 5.36. The standard InChI is InChI=1S/C24H40N2O5/c1-5-10-16(4)25-22(28)21-18-13-12-17(11-6-2)19(24(30)31-7-3)20(18)23(29)26(21)14-8-9-15-27/h12-13,16-21,27H,5-11,14-15H2,1-4H3,(H,25,28)/t16?,17-,18+,19-,20+,21+/m1/s1. The first kappa shape index (κ1) is 25.4. The summed E-state index contributed by atoms with van der Waals surface area (Å²) in [5.74, 6) is -2.20. The molecule has 2 N–H and O–H groups in total. The Kier molecular flexibility index (Phi) is 10.0. The van der Waals surface area contributed by atoms with Crippen LogP contribution >= 0.6 is 0 Å². The van der Waals surface area contributed by atoms with Gasteiger partial charge in [0, 0.05) is 25.1 Å². The van der Waals surface area contributed by atoms with Crippen molar-refractivity contribution in [2.24, 2.45) is 23.7 Å². The topological polar surface area (TPSA) is 95.9 Å². The maximum atomic E-state index is 13.6. The quantitative estimate of drug-likeness (QED) is 0.279. The highest BCUT2D eigenvalue weighted by atomic mass is 16.5. The molecule has 7 nitrogen and oxygen atoms in total. The second kappa shape index (κ2) is 12.2. The molecule has 2 aliphatic rings. The molecule has 0 bridgehead atoms. The number of unbranched alkanes of at least 4 members (excludes halogenated alkanes) is 1. The van der Waals surface area contributed by atoms with Gasteiger partial charge in [0.1, 0.15) is 6.04 Å². The largest absolute Gasteiger partial charge is 0.466 e. The van der Waals surface area contributed by atoms with Crippen LogP contribution in [0.15, 0.2) is 12.2 Å². The molecule has 1 unspecified atom stereocenters. The van der Waals surface area contributed by atoms with E-state index in [0.29, 0.717) is 19.4 Å². The number of carbonyl (C=O) groups is 3. The summed E-state index contributed by atoms with van der Waals surface area (Å²) >= 11 is 0. The van der Waals surface area contributed by atoms with E-state index >= 15 is 0 Å². The number of amides is 2. The Morgan fingerprint density at radius 3 is 2.55 bits per heavy atom. The molecule has 2 amide bonds. The fourth-order valence-corrected chi connectivity index (χ4v) is 5.13. The van der Waals surface area contributed by atoms with E-state index in [-0.39, 0.29) is 48.9 Å². The molecule has 0 spiro atoms. The van der Waals surface area contributed by atoms with Gasteiger partial charge in [0.05, 0.1) is 18.4 Å². The minimum atomic E-state index is -0.633. The number of hydrogen-bond donors (Lipinski definition) is 2. The van der Waals surface area contributed by atoms with E-state index in [1.165, 1.54) is 0 Å². The Morgan fingerprint density at radius 1 is 1.19 bits per heavy atom. The highest BCUT2D eigenvalue weighted by Gasteiger charge is 2.57. The van der Waals surface area contributed by atoms with Crippen molar-refractivity contribution in [1.29, 1.82) is 0 Å². The molecule has 2 rings (SSSR count). The summed E-state index contributed by atoms with van der Waals surface area (Å²) in [6.45, 7) is 8.58. The number of aliphatic hydroxyl groups excluding tert-OH is 1. The van der Waals surface area contributed by atoms with Crippen molar-refractivity contribution in [1.82, 2.24) is 10.2 Å². The number of ether oxygens (including phenoxy) is 1. The normalized spacial score (nSPS) is 28.4. The number of hydrogen-bond acceptors (Lipinski definition) is 5. The number of fused-ring (bicyclic) bond motifs is 1. The molecule has 7 heteroatoms. The lowest BCUT2D eigenvalue weighted by atomic mass is 9.68. The van der Waals surface area contributed by atoms with E-state index in [1.54, 1.807) is 11.8 Å². The van der Waals surface area contributed by atoms with Crippen LogP contribution < -0.4 is 5.32 Å². The first-order chi connectivity index (χ1) is 14.9. The minimum absolute atomic E-state index is 0.0206. The molecule has 0 aromatic rings. The molecule has 6 atom stereocenters. The number of rotatable bonds is 12. The molecule has 1 saturated heterocycles. The van der Waals surface area contributed by atoms with Crippen LogP contribution in [-0.2, 0) is 19.1 Å². The van der Waals surface area contributed by atoms with E-state index in [2.05, 4.69) is 19.2 Å². The Morgan fingerprint density at radius 2 is 1.94 bits per heavy atom. The van der Waals surface area contributed by atoms with E-state index in [0.717, 1.165) is 25.7 Å². The Bertz CT molecular complexity index is 650. The van der Waals surface area contributed by atoms with Crippen LogP contribution in [0.25, 0.3) is 0 Å². The van der Waals surface area contributed by atoms with Crippen molar-refractivity contribution in [2.45, 2.75) is 78.3 Å². The third-order valence-electron chi connectivity index (χ3n) is 6.48. The van der Waals surface area contributed by atoms with E-state index in [4.69, 9.17) is 4.74 Å². The van der Waals surface area contributed by atoms with Gasteiger partial charge in [-0.05, 0) is 45.4 Å². The van der Waals surface area contributed by atoms with Gasteiger partial charge < -0.3 is 20.1 Å². The van der Waals surface area contributed by atoms with Crippen LogP contribution in [0.5, 0.6) is 0 Å². The number of esters is 1. The summed E-state index contributed by atoms with van der Waals surface area (Å²) in [5.41, 5.74) is 0. The van der Waals surface area contributed by atoms with Crippen molar-refractivity contribution in [2.75, 3.05) is 19.8 Å². The molecule has 1 heterocycles. The van der Waals surface area contributed by atoms with Gasteiger partial charge in [-0.2, -0.15) is 0 Å². The summed E-state index contributed by atoms with van der Waals surface area (Å²) in [6.07, 6.45) is 8.70. The average molecular weight is 437 g/mol. The number of nitrogens with zero attached hydrogens (tertiary/aromatic N) is 1. The van der Waals surface area contributed by atoms with Crippen molar-refractivity contribution < 1.29 is 24.2 Å². The Balaban J connectivity index is 2.38. The van der Waals surface area contributed by atoms with Gasteiger partial charge in [0.25, 0.3) is 0 Å². The monoisotopic (exact) mass is 436 g/mol. The molecular weight excluding hydrogens is 396 g/mol. The predicted octanol–water partition coefficient (Wildman–Crippen LogP) is 2.67. The summed E-state index contributed by atoms with van der Waals surface area (Å²) in [7, 11) is 0. The van der Waals surface area contributed by atoms with Crippen molar-refractivity contribution in [3.8, 4) is 0 Å². The molecule has 1 aliphatic carbocycles. The van der Waals surface area contributed by atoms with Crippen molar-refractivity contribution in [3.63, 3.8) is 0 Å². The maximum absolute atomic E-state index is 13.6. The van der Waals surface area contributed by atoms with Crippen LogP contribution in [0.1, 0.15) is 66.2 Å². The highest BCUT2D eigenvalue weighted by molar-refractivity contribution is 5.96.